The molecular formula is C16H20N4O. The van der Waals surface area contributed by atoms with Crippen molar-refractivity contribution in [3.63, 3.8) is 0 Å². The van der Waals surface area contributed by atoms with Gasteiger partial charge in [0.05, 0.1) is 11.4 Å². The predicted octanol–water partition coefficient (Wildman–Crippen LogP) is 2.45. The molecule has 3 rings (SSSR count). The number of aryl methyl sites for hydroxylation is 1. The normalized spacial score (nSPS) is 15.8. The second-order valence-electron chi connectivity index (χ2n) is 5.75. The maximum absolute atomic E-state index is 12.6. The van der Waals surface area contributed by atoms with Gasteiger partial charge in [-0.1, -0.05) is 18.2 Å². The van der Waals surface area contributed by atoms with E-state index >= 15 is 0 Å². The van der Waals surface area contributed by atoms with Gasteiger partial charge in [0.2, 0.25) is 0 Å². The van der Waals surface area contributed by atoms with Crippen LogP contribution in [0.5, 0.6) is 0 Å². The van der Waals surface area contributed by atoms with Crippen molar-refractivity contribution in [1.82, 2.24) is 19.9 Å². The highest BCUT2D eigenvalue weighted by atomic mass is 16.2. The molecule has 0 aliphatic heterocycles. The van der Waals surface area contributed by atoms with Gasteiger partial charge >= 0.3 is 0 Å². The first-order valence-corrected chi connectivity index (χ1v) is 7.34. The summed E-state index contributed by atoms with van der Waals surface area (Å²) in [5, 5.41) is 8.74. The van der Waals surface area contributed by atoms with Crippen molar-refractivity contribution in [3.8, 4) is 5.69 Å². The molecule has 0 N–H and O–H groups in total. The number of aromatic nitrogens is 3. The van der Waals surface area contributed by atoms with Crippen molar-refractivity contribution in [2.24, 2.45) is 5.92 Å². The minimum Gasteiger partial charge on any atom is -0.337 e. The Labute approximate surface area is 124 Å². The van der Waals surface area contributed by atoms with Gasteiger partial charge in [0.15, 0.2) is 5.69 Å². The zero-order valence-electron chi connectivity index (χ0n) is 12.7. The van der Waals surface area contributed by atoms with E-state index in [0.29, 0.717) is 17.3 Å². The molecule has 1 aromatic carbocycles. The zero-order chi connectivity index (χ0) is 15.0. The van der Waals surface area contributed by atoms with Crippen LogP contribution in [0.4, 0.5) is 0 Å². The van der Waals surface area contributed by atoms with E-state index in [1.54, 1.807) is 4.90 Å². The summed E-state index contributed by atoms with van der Waals surface area (Å²) in [6.45, 7) is 3.93. The molecule has 1 aliphatic carbocycles. The molecule has 1 amide bonds. The van der Waals surface area contributed by atoms with Crippen LogP contribution in [0, 0.1) is 12.8 Å². The smallest absolute Gasteiger partial charge is 0.276 e. The molecule has 5 heteroatoms. The monoisotopic (exact) mass is 284 g/mol. The van der Waals surface area contributed by atoms with E-state index in [9.17, 15) is 4.79 Å². The van der Waals surface area contributed by atoms with E-state index in [2.05, 4.69) is 17.1 Å². The van der Waals surface area contributed by atoms with Crippen LogP contribution in [0.15, 0.2) is 30.3 Å². The summed E-state index contributed by atoms with van der Waals surface area (Å²) < 4.78 is 0. The lowest BCUT2D eigenvalue weighted by Crippen LogP contribution is -2.37. The van der Waals surface area contributed by atoms with E-state index < -0.39 is 0 Å². The highest BCUT2D eigenvalue weighted by Crippen LogP contribution is 2.35. The van der Waals surface area contributed by atoms with E-state index in [1.807, 2.05) is 44.3 Å². The Morgan fingerprint density at radius 1 is 1.29 bits per heavy atom. The standard InChI is InChI=1S/C16H20N4O/c1-11-15(16(21)19(3)12(2)13-9-10-13)18-20(17-11)14-7-5-4-6-8-14/h4-8,12-13H,9-10H2,1-3H3. The summed E-state index contributed by atoms with van der Waals surface area (Å²) in [4.78, 5) is 15.9. The van der Waals surface area contributed by atoms with E-state index in [1.165, 1.54) is 17.6 Å². The summed E-state index contributed by atoms with van der Waals surface area (Å²) in [5.41, 5.74) is 1.96. The first-order chi connectivity index (χ1) is 10.1. The van der Waals surface area contributed by atoms with Crippen LogP contribution in [0.3, 0.4) is 0 Å². The van der Waals surface area contributed by atoms with E-state index in [4.69, 9.17) is 0 Å². The van der Waals surface area contributed by atoms with Gasteiger partial charge in [-0.25, -0.2) is 0 Å². The molecule has 0 radical (unpaired) electrons. The lowest BCUT2D eigenvalue weighted by Gasteiger charge is -2.24. The quantitative estimate of drug-likeness (QED) is 0.866. The second-order valence-corrected chi connectivity index (χ2v) is 5.75. The van der Waals surface area contributed by atoms with Gasteiger partial charge < -0.3 is 4.90 Å². The summed E-state index contributed by atoms with van der Waals surface area (Å²) in [7, 11) is 1.85. The first kappa shape index (κ1) is 13.8. The largest absolute Gasteiger partial charge is 0.337 e. The molecule has 0 bridgehead atoms. The van der Waals surface area contributed by atoms with Crippen molar-refractivity contribution in [2.75, 3.05) is 7.05 Å². The number of rotatable bonds is 4. The third-order valence-electron chi connectivity index (χ3n) is 4.21. The van der Waals surface area contributed by atoms with Gasteiger partial charge in [-0.3, -0.25) is 4.79 Å². The Morgan fingerprint density at radius 3 is 2.57 bits per heavy atom. The molecule has 21 heavy (non-hydrogen) atoms. The molecule has 1 unspecified atom stereocenters. The Morgan fingerprint density at radius 2 is 1.95 bits per heavy atom. The minimum absolute atomic E-state index is 0.0471. The second kappa shape index (κ2) is 5.31. The van der Waals surface area contributed by atoms with Crippen LogP contribution in [0.1, 0.15) is 35.9 Å². The van der Waals surface area contributed by atoms with Gasteiger partial charge in [0, 0.05) is 13.1 Å². The minimum atomic E-state index is -0.0471. The summed E-state index contributed by atoms with van der Waals surface area (Å²) >= 11 is 0. The predicted molar refractivity (Wildman–Crippen MR) is 80.4 cm³/mol. The number of benzene rings is 1. The molecule has 1 atom stereocenters. The lowest BCUT2D eigenvalue weighted by molar-refractivity contribution is 0.0720. The van der Waals surface area contributed by atoms with Gasteiger partial charge in [0.1, 0.15) is 0 Å². The van der Waals surface area contributed by atoms with Crippen LogP contribution < -0.4 is 0 Å². The molecule has 1 saturated carbocycles. The number of carbonyl (C=O) groups is 1. The van der Waals surface area contributed by atoms with Gasteiger partial charge in [-0.15, -0.1) is 5.10 Å². The fourth-order valence-electron chi connectivity index (χ4n) is 2.50. The Hall–Kier alpha value is -2.17. The maximum atomic E-state index is 12.6. The Bertz CT molecular complexity index is 646. The zero-order valence-corrected chi connectivity index (χ0v) is 12.7. The van der Waals surface area contributed by atoms with Crippen LogP contribution in [-0.4, -0.2) is 38.9 Å². The summed E-state index contributed by atoms with van der Waals surface area (Å²) in [6.07, 6.45) is 2.43. The number of amides is 1. The molecule has 1 fully saturated rings. The third-order valence-corrected chi connectivity index (χ3v) is 4.21. The fraction of sp³-hybridized carbons (Fsp3) is 0.438. The first-order valence-electron chi connectivity index (χ1n) is 7.34. The van der Waals surface area contributed by atoms with Crippen LogP contribution >= 0.6 is 0 Å². The highest BCUT2D eigenvalue weighted by Gasteiger charge is 2.34. The number of hydrogen-bond acceptors (Lipinski definition) is 3. The molecular weight excluding hydrogens is 264 g/mol. The topological polar surface area (TPSA) is 51.0 Å². The van der Waals surface area contributed by atoms with Crippen molar-refractivity contribution in [2.45, 2.75) is 32.7 Å². The molecule has 1 aromatic heterocycles. The molecule has 1 heterocycles. The average Bonchev–Trinajstić information content (AvgIpc) is 3.28. The highest BCUT2D eigenvalue weighted by molar-refractivity contribution is 5.93. The van der Waals surface area contributed by atoms with Crippen molar-refractivity contribution < 1.29 is 4.79 Å². The van der Waals surface area contributed by atoms with Gasteiger partial charge in [0.25, 0.3) is 5.91 Å². The van der Waals surface area contributed by atoms with E-state index in [0.717, 1.165) is 5.69 Å². The molecule has 5 nitrogen and oxygen atoms in total. The summed E-state index contributed by atoms with van der Waals surface area (Å²) in [6, 6.07) is 9.90. The van der Waals surface area contributed by atoms with Gasteiger partial charge in [-0.2, -0.15) is 9.90 Å². The lowest BCUT2D eigenvalue weighted by atomic mass is 10.2. The number of nitrogens with zero attached hydrogens (tertiary/aromatic N) is 4. The number of carbonyl (C=O) groups excluding carboxylic acids is 1. The SMILES string of the molecule is Cc1nn(-c2ccccc2)nc1C(=O)N(C)C(C)C1CC1. The van der Waals surface area contributed by atoms with Crippen LogP contribution in [0.2, 0.25) is 0 Å². The molecule has 0 saturated heterocycles. The van der Waals surface area contributed by atoms with Gasteiger partial charge in [-0.05, 0) is 44.7 Å². The molecule has 110 valence electrons. The van der Waals surface area contributed by atoms with Crippen molar-refractivity contribution >= 4 is 5.91 Å². The van der Waals surface area contributed by atoms with Crippen LogP contribution in [0.25, 0.3) is 5.69 Å². The number of hydrogen-bond donors (Lipinski definition) is 0. The van der Waals surface area contributed by atoms with Crippen molar-refractivity contribution in [3.05, 3.63) is 41.7 Å². The Balaban J connectivity index is 1.85. The maximum Gasteiger partial charge on any atom is 0.276 e. The van der Waals surface area contributed by atoms with E-state index in [-0.39, 0.29) is 11.9 Å². The third kappa shape index (κ3) is 2.68. The average molecular weight is 284 g/mol. The van der Waals surface area contributed by atoms with Crippen molar-refractivity contribution in [1.29, 1.82) is 0 Å². The Kier molecular flexibility index (Phi) is 3.49. The molecule has 0 spiro atoms. The molecule has 1 aliphatic rings. The fourth-order valence-corrected chi connectivity index (χ4v) is 2.50. The van der Waals surface area contributed by atoms with Crippen LogP contribution in [-0.2, 0) is 0 Å². The summed E-state index contributed by atoms with van der Waals surface area (Å²) in [5.74, 6) is 0.595. The number of para-hydroxylation sites is 1. The molecule has 2 aromatic rings.